The summed E-state index contributed by atoms with van der Waals surface area (Å²) in [6.07, 6.45) is 4.75. The van der Waals surface area contributed by atoms with E-state index in [1.54, 1.807) is 36.5 Å². The number of rotatable bonds is 6. The highest BCUT2D eigenvalue weighted by Crippen LogP contribution is 2.32. The lowest BCUT2D eigenvalue weighted by atomic mass is 10.2. The van der Waals surface area contributed by atoms with Gasteiger partial charge in [0.2, 0.25) is 11.9 Å². The van der Waals surface area contributed by atoms with Gasteiger partial charge in [0.1, 0.15) is 17.5 Å². The number of carbonyl (C=O) groups is 1. The van der Waals surface area contributed by atoms with Crippen molar-refractivity contribution >= 4 is 29.6 Å². The minimum Gasteiger partial charge on any atom is -0.404 e. The van der Waals surface area contributed by atoms with E-state index >= 15 is 0 Å². The van der Waals surface area contributed by atoms with Crippen molar-refractivity contribution in [1.29, 1.82) is 0 Å². The standard InChI is InChI=1S/C20H24FN7O/c1-13-19(29)28(3)17-12-25-20(26-18(17)27(13)2)24-11-15(8-22)10-23-9-14-4-6-16(21)7-5-14/h4-8,10,12-13H,9,11,22H2,1-3H3,(H,24,25,26)/b15-8+,23-10?/t13-/m1/s1. The van der Waals surface area contributed by atoms with Crippen molar-refractivity contribution in [3.8, 4) is 0 Å². The molecular weight excluding hydrogens is 373 g/mol. The molecule has 0 saturated heterocycles. The largest absolute Gasteiger partial charge is 0.404 e. The maximum atomic E-state index is 12.9. The van der Waals surface area contributed by atoms with E-state index in [0.717, 1.165) is 11.1 Å². The molecule has 0 aliphatic carbocycles. The number of halogens is 1. The zero-order valence-corrected chi connectivity index (χ0v) is 16.6. The highest BCUT2D eigenvalue weighted by atomic mass is 19.1. The van der Waals surface area contributed by atoms with Crippen LogP contribution in [0.5, 0.6) is 0 Å². The van der Waals surface area contributed by atoms with Crippen molar-refractivity contribution in [1.82, 2.24) is 9.97 Å². The van der Waals surface area contributed by atoms with Gasteiger partial charge < -0.3 is 20.9 Å². The van der Waals surface area contributed by atoms with Gasteiger partial charge >= 0.3 is 0 Å². The molecule has 1 aromatic carbocycles. The van der Waals surface area contributed by atoms with Crippen LogP contribution in [0.3, 0.4) is 0 Å². The molecule has 0 fully saturated rings. The molecule has 1 aliphatic rings. The molecule has 1 aromatic heterocycles. The van der Waals surface area contributed by atoms with Crippen LogP contribution in [-0.2, 0) is 11.3 Å². The van der Waals surface area contributed by atoms with E-state index in [-0.39, 0.29) is 17.8 Å². The Morgan fingerprint density at radius 3 is 2.76 bits per heavy atom. The molecule has 152 valence electrons. The summed E-state index contributed by atoms with van der Waals surface area (Å²) in [7, 11) is 3.55. The van der Waals surface area contributed by atoms with Crippen molar-refractivity contribution in [2.45, 2.75) is 19.5 Å². The van der Waals surface area contributed by atoms with Crippen LogP contribution in [0.4, 0.5) is 21.8 Å². The third-order valence-corrected chi connectivity index (χ3v) is 4.82. The summed E-state index contributed by atoms with van der Waals surface area (Å²) in [5.74, 6) is 0.831. The average molecular weight is 397 g/mol. The Balaban J connectivity index is 1.63. The monoisotopic (exact) mass is 397 g/mol. The Morgan fingerprint density at radius 1 is 1.34 bits per heavy atom. The fourth-order valence-corrected chi connectivity index (χ4v) is 2.88. The molecule has 2 heterocycles. The molecule has 1 aliphatic heterocycles. The van der Waals surface area contributed by atoms with E-state index in [4.69, 9.17) is 5.73 Å². The summed E-state index contributed by atoms with van der Waals surface area (Å²) in [5.41, 5.74) is 8.00. The van der Waals surface area contributed by atoms with Gasteiger partial charge in [-0.1, -0.05) is 12.1 Å². The summed E-state index contributed by atoms with van der Waals surface area (Å²) < 4.78 is 12.9. The first-order chi connectivity index (χ1) is 13.9. The van der Waals surface area contributed by atoms with Gasteiger partial charge in [-0.3, -0.25) is 9.79 Å². The number of hydrogen-bond donors (Lipinski definition) is 2. The Hall–Kier alpha value is -3.49. The smallest absolute Gasteiger partial charge is 0.249 e. The highest BCUT2D eigenvalue weighted by molar-refractivity contribution is 6.03. The second-order valence-corrected chi connectivity index (χ2v) is 6.78. The molecule has 0 radical (unpaired) electrons. The Morgan fingerprint density at radius 2 is 2.07 bits per heavy atom. The van der Waals surface area contributed by atoms with Gasteiger partial charge in [0.25, 0.3) is 0 Å². The van der Waals surface area contributed by atoms with Gasteiger partial charge in [-0.25, -0.2) is 9.37 Å². The highest BCUT2D eigenvalue weighted by Gasteiger charge is 2.32. The number of aliphatic imine (C=N–C) groups is 1. The number of nitrogens with zero attached hydrogens (tertiary/aromatic N) is 5. The third-order valence-electron chi connectivity index (χ3n) is 4.82. The minimum atomic E-state index is -0.298. The average Bonchev–Trinajstić information content (AvgIpc) is 2.74. The van der Waals surface area contributed by atoms with Gasteiger partial charge in [0.15, 0.2) is 5.82 Å². The molecule has 2 aromatic rings. The van der Waals surface area contributed by atoms with Crippen LogP contribution >= 0.6 is 0 Å². The number of aromatic nitrogens is 2. The number of likely N-dealkylation sites (N-methyl/N-ethyl adjacent to an activating group) is 2. The zero-order chi connectivity index (χ0) is 21.0. The lowest BCUT2D eigenvalue weighted by Gasteiger charge is -2.36. The molecule has 0 saturated carbocycles. The SMILES string of the molecule is C[C@@H]1C(=O)N(C)c2cnc(NC/C(C=NCc3ccc(F)cc3)=C/N)nc2N1C. The summed E-state index contributed by atoms with van der Waals surface area (Å²) >= 11 is 0. The van der Waals surface area contributed by atoms with Crippen molar-refractivity contribution in [3.63, 3.8) is 0 Å². The molecular formula is C20H24FN7O. The van der Waals surface area contributed by atoms with E-state index in [1.165, 1.54) is 18.3 Å². The number of hydrogen-bond acceptors (Lipinski definition) is 7. The predicted molar refractivity (Wildman–Crippen MR) is 113 cm³/mol. The first-order valence-corrected chi connectivity index (χ1v) is 9.17. The number of amides is 1. The Bertz CT molecular complexity index is 942. The van der Waals surface area contributed by atoms with Gasteiger partial charge in [-0.05, 0) is 24.6 Å². The lowest BCUT2D eigenvalue weighted by molar-refractivity contribution is -0.119. The molecule has 9 heteroatoms. The zero-order valence-electron chi connectivity index (χ0n) is 16.6. The van der Waals surface area contributed by atoms with E-state index in [2.05, 4.69) is 20.3 Å². The van der Waals surface area contributed by atoms with Gasteiger partial charge in [-0.15, -0.1) is 0 Å². The van der Waals surface area contributed by atoms with Gasteiger partial charge in [0, 0.05) is 38.6 Å². The van der Waals surface area contributed by atoms with Crippen molar-refractivity contribution in [3.05, 3.63) is 53.6 Å². The number of anilines is 3. The van der Waals surface area contributed by atoms with Gasteiger partial charge in [0.05, 0.1) is 12.7 Å². The predicted octanol–water partition coefficient (Wildman–Crippen LogP) is 1.94. The molecule has 3 rings (SSSR count). The fraction of sp³-hybridized carbons (Fsp3) is 0.300. The van der Waals surface area contributed by atoms with Crippen LogP contribution in [0, 0.1) is 5.82 Å². The molecule has 0 spiro atoms. The van der Waals surface area contributed by atoms with Crippen LogP contribution in [0.2, 0.25) is 0 Å². The third kappa shape index (κ3) is 4.50. The molecule has 1 amide bonds. The van der Waals surface area contributed by atoms with Crippen molar-refractivity contribution in [2.24, 2.45) is 10.7 Å². The summed E-state index contributed by atoms with van der Waals surface area (Å²) in [6, 6.07) is 5.90. The van der Waals surface area contributed by atoms with Crippen LogP contribution < -0.4 is 20.9 Å². The number of fused-ring (bicyclic) bond motifs is 1. The van der Waals surface area contributed by atoms with Crippen molar-refractivity contribution in [2.75, 3.05) is 35.8 Å². The maximum Gasteiger partial charge on any atom is 0.249 e. The molecule has 1 atom stereocenters. The van der Waals surface area contributed by atoms with Crippen LogP contribution in [0.15, 0.2) is 47.2 Å². The minimum absolute atomic E-state index is 0.00461. The number of nitrogens with two attached hydrogens (primary N) is 1. The van der Waals surface area contributed by atoms with E-state index in [0.29, 0.717) is 30.5 Å². The van der Waals surface area contributed by atoms with E-state index in [1.807, 2.05) is 18.9 Å². The molecule has 3 N–H and O–H groups in total. The molecule has 8 nitrogen and oxygen atoms in total. The van der Waals surface area contributed by atoms with E-state index < -0.39 is 0 Å². The van der Waals surface area contributed by atoms with Crippen LogP contribution in [0.25, 0.3) is 0 Å². The number of carbonyl (C=O) groups excluding carboxylic acids is 1. The summed E-state index contributed by atoms with van der Waals surface area (Å²) in [4.78, 5) is 28.8. The van der Waals surface area contributed by atoms with Gasteiger partial charge in [-0.2, -0.15) is 4.98 Å². The molecule has 0 unspecified atom stereocenters. The first kappa shape index (κ1) is 20.2. The number of benzene rings is 1. The van der Waals surface area contributed by atoms with E-state index in [9.17, 15) is 9.18 Å². The molecule has 0 bridgehead atoms. The Kier molecular flexibility index (Phi) is 6.06. The topological polar surface area (TPSA) is 99.7 Å². The quantitative estimate of drug-likeness (QED) is 0.723. The summed E-state index contributed by atoms with van der Waals surface area (Å²) in [6.45, 7) is 2.65. The first-order valence-electron chi connectivity index (χ1n) is 9.17. The second-order valence-electron chi connectivity index (χ2n) is 6.78. The second kappa shape index (κ2) is 8.68. The van der Waals surface area contributed by atoms with Crippen LogP contribution in [-0.4, -0.2) is 48.8 Å². The summed E-state index contributed by atoms with van der Waals surface area (Å²) in [5, 5.41) is 3.12. The molecule has 29 heavy (non-hydrogen) atoms. The number of nitrogens with one attached hydrogen (secondary N) is 1. The maximum absolute atomic E-state index is 12.9. The lowest BCUT2D eigenvalue weighted by Crippen LogP contribution is -2.49. The Labute approximate surface area is 169 Å². The van der Waals surface area contributed by atoms with Crippen molar-refractivity contribution < 1.29 is 9.18 Å². The van der Waals surface area contributed by atoms with Crippen LogP contribution in [0.1, 0.15) is 12.5 Å². The normalized spacial score (nSPS) is 17.0. The fourth-order valence-electron chi connectivity index (χ4n) is 2.88.